The van der Waals surface area contributed by atoms with Crippen LogP contribution < -0.4 is 10.5 Å². The maximum absolute atomic E-state index is 13.9. The van der Waals surface area contributed by atoms with Crippen LogP contribution in [-0.2, 0) is 0 Å². The van der Waals surface area contributed by atoms with Crippen LogP contribution in [0.2, 0.25) is 0 Å². The highest BCUT2D eigenvalue weighted by atomic mass is 19.1. The van der Waals surface area contributed by atoms with Crippen molar-refractivity contribution < 1.29 is 17.9 Å². The molecule has 0 heterocycles. The molecule has 2 N–H and O–H groups in total. The number of ether oxygens (including phenoxy) is 1. The standard InChI is InChI=1S/C15H14F3NO/c1-8-5-9(3-4-11(8)16)15(19)14-12(17)6-10(20-2)7-13(14)18/h3-7,15H,19H2,1-2H3. The Balaban J connectivity index is 2.47. The fraction of sp³-hybridized carbons (Fsp3) is 0.200. The lowest BCUT2D eigenvalue weighted by Crippen LogP contribution is -2.16. The van der Waals surface area contributed by atoms with Gasteiger partial charge in [-0.15, -0.1) is 0 Å². The van der Waals surface area contributed by atoms with Gasteiger partial charge in [-0.3, -0.25) is 0 Å². The molecule has 106 valence electrons. The topological polar surface area (TPSA) is 35.2 Å². The van der Waals surface area contributed by atoms with Gasteiger partial charge in [0.25, 0.3) is 0 Å². The summed E-state index contributed by atoms with van der Waals surface area (Å²) in [6.07, 6.45) is 0. The Morgan fingerprint density at radius 3 is 2.10 bits per heavy atom. The first-order chi connectivity index (χ1) is 9.43. The van der Waals surface area contributed by atoms with E-state index in [0.29, 0.717) is 11.1 Å². The van der Waals surface area contributed by atoms with E-state index in [1.165, 1.54) is 25.3 Å². The smallest absolute Gasteiger partial charge is 0.134 e. The summed E-state index contributed by atoms with van der Waals surface area (Å²) in [7, 11) is 1.32. The highest BCUT2D eigenvalue weighted by molar-refractivity contribution is 5.38. The van der Waals surface area contributed by atoms with Crippen LogP contribution in [0.15, 0.2) is 30.3 Å². The Morgan fingerprint density at radius 2 is 1.60 bits per heavy atom. The molecule has 2 aromatic rings. The maximum atomic E-state index is 13.9. The minimum absolute atomic E-state index is 0.0752. The molecule has 0 aliphatic heterocycles. The summed E-state index contributed by atoms with van der Waals surface area (Å²) < 4.78 is 45.9. The number of methoxy groups -OCH3 is 1. The van der Waals surface area contributed by atoms with Crippen LogP contribution in [0.5, 0.6) is 5.75 Å². The summed E-state index contributed by atoms with van der Waals surface area (Å²) in [6, 6.07) is 5.23. The first kappa shape index (κ1) is 14.4. The van der Waals surface area contributed by atoms with Crippen molar-refractivity contribution in [1.82, 2.24) is 0 Å². The van der Waals surface area contributed by atoms with Crippen molar-refractivity contribution in [2.75, 3.05) is 7.11 Å². The Hall–Kier alpha value is -2.01. The van der Waals surface area contributed by atoms with Crippen LogP contribution in [-0.4, -0.2) is 7.11 Å². The van der Waals surface area contributed by atoms with Crippen molar-refractivity contribution in [2.24, 2.45) is 5.73 Å². The average Bonchev–Trinajstić information content (AvgIpc) is 2.40. The van der Waals surface area contributed by atoms with Crippen LogP contribution in [0.25, 0.3) is 0 Å². The van der Waals surface area contributed by atoms with Crippen molar-refractivity contribution >= 4 is 0 Å². The largest absolute Gasteiger partial charge is 0.497 e. The van der Waals surface area contributed by atoms with Crippen LogP contribution in [0.1, 0.15) is 22.7 Å². The van der Waals surface area contributed by atoms with Gasteiger partial charge in [-0.1, -0.05) is 12.1 Å². The van der Waals surface area contributed by atoms with Crippen molar-refractivity contribution in [2.45, 2.75) is 13.0 Å². The monoisotopic (exact) mass is 281 g/mol. The SMILES string of the molecule is COc1cc(F)c(C(N)c2ccc(F)c(C)c2)c(F)c1. The molecule has 1 unspecified atom stereocenters. The van der Waals surface area contributed by atoms with Crippen molar-refractivity contribution in [1.29, 1.82) is 0 Å². The molecule has 0 aromatic heterocycles. The Kier molecular flexibility index (Phi) is 3.99. The highest BCUT2D eigenvalue weighted by Gasteiger charge is 2.20. The molecule has 20 heavy (non-hydrogen) atoms. The fourth-order valence-electron chi connectivity index (χ4n) is 2.00. The molecular weight excluding hydrogens is 267 g/mol. The zero-order chi connectivity index (χ0) is 14.9. The molecule has 0 spiro atoms. The predicted octanol–water partition coefficient (Wildman–Crippen LogP) is 3.47. The zero-order valence-electron chi connectivity index (χ0n) is 11.1. The van der Waals surface area contributed by atoms with Gasteiger partial charge in [-0.25, -0.2) is 13.2 Å². The third-order valence-corrected chi connectivity index (χ3v) is 3.14. The fourth-order valence-corrected chi connectivity index (χ4v) is 2.00. The number of hydrogen-bond acceptors (Lipinski definition) is 2. The second kappa shape index (κ2) is 5.54. The Bertz CT molecular complexity index is 620. The average molecular weight is 281 g/mol. The Morgan fingerprint density at radius 1 is 1.00 bits per heavy atom. The first-order valence-corrected chi connectivity index (χ1v) is 5.98. The first-order valence-electron chi connectivity index (χ1n) is 5.98. The molecule has 0 radical (unpaired) electrons. The quantitative estimate of drug-likeness (QED) is 0.935. The van der Waals surface area contributed by atoms with Gasteiger partial charge in [-0.05, 0) is 24.1 Å². The zero-order valence-corrected chi connectivity index (χ0v) is 11.1. The second-order valence-corrected chi connectivity index (χ2v) is 4.49. The van der Waals surface area contributed by atoms with E-state index >= 15 is 0 Å². The van der Waals surface area contributed by atoms with Gasteiger partial charge < -0.3 is 10.5 Å². The molecule has 1 atom stereocenters. The number of benzene rings is 2. The van der Waals surface area contributed by atoms with Gasteiger partial charge in [-0.2, -0.15) is 0 Å². The van der Waals surface area contributed by atoms with E-state index in [4.69, 9.17) is 10.5 Å². The van der Waals surface area contributed by atoms with Crippen LogP contribution in [0.3, 0.4) is 0 Å². The van der Waals surface area contributed by atoms with Crippen molar-refractivity contribution in [3.05, 3.63) is 64.5 Å². The van der Waals surface area contributed by atoms with Gasteiger partial charge in [0.05, 0.1) is 13.2 Å². The summed E-state index contributed by atoms with van der Waals surface area (Å²) in [5.74, 6) is -1.91. The molecule has 2 nitrogen and oxygen atoms in total. The van der Waals surface area contributed by atoms with Gasteiger partial charge >= 0.3 is 0 Å². The van der Waals surface area contributed by atoms with E-state index in [0.717, 1.165) is 12.1 Å². The van der Waals surface area contributed by atoms with E-state index in [1.807, 2.05) is 0 Å². The Labute approximate surface area is 115 Å². The molecule has 2 aromatic carbocycles. The maximum Gasteiger partial charge on any atom is 0.134 e. The van der Waals surface area contributed by atoms with E-state index in [2.05, 4.69) is 0 Å². The third kappa shape index (κ3) is 2.63. The van der Waals surface area contributed by atoms with E-state index in [-0.39, 0.29) is 11.3 Å². The van der Waals surface area contributed by atoms with Crippen LogP contribution >= 0.6 is 0 Å². The van der Waals surface area contributed by atoms with Gasteiger partial charge in [0.2, 0.25) is 0 Å². The number of rotatable bonds is 3. The molecule has 0 amide bonds. The number of aryl methyl sites for hydroxylation is 1. The van der Waals surface area contributed by atoms with Gasteiger partial charge in [0.1, 0.15) is 23.2 Å². The number of nitrogens with two attached hydrogens (primary N) is 1. The van der Waals surface area contributed by atoms with E-state index < -0.39 is 23.5 Å². The number of hydrogen-bond donors (Lipinski definition) is 1. The van der Waals surface area contributed by atoms with E-state index in [9.17, 15) is 13.2 Å². The predicted molar refractivity (Wildman–Crippen MR) is 70.1 cm³/mol. The molecule has 0 fully saturated rings. The molecule has 0 saturated carbocycles. The summed E-state index contributed by atoms with van der Waals surface area (Å²) in [5.41, 5.74) is 6.42. The summed E-state index contributed by atoms with van der Waals surface area (Å²) in [6.45, 7) is 1.56. The molecule has 0 saturated heterocycles. The third-order valence-electron chi connectivity index (χ3n) is 3.14. The molecule has 2 rings (SSSR count). The lowest BCUT2D eigenvalue weighted by Gasteiger charge is -2.16. The highest BCUT2D eigenvalue weighted by Crippen LogP contribution is 2.29. The minimum Gasteiger partial charge on any atom is -0.497 e. The molecule has 0 bridgehead atoms. The van der Waals surface area contributed by atoms with Crippen LogP contribution in [0, 0.1) is 24.4 Å². The van der Waals surface area contributed by atoms with Crippen molar-refractivity contribution in [3.63, 3.8) is 0 Å². The van der Waals surface area contributed by atoms with Crippen molar-refractivity contribution in [3.8, 4) is 5.75 Å². The van der Waals surface area contributed by atoms with Gasteiger partial charge in [0, 0.05) is 17.7 Å². The van der Waals surface area contributed by atoms with Gasteiger partial charge in [0.15, 0.2) is 0 Å². The normalized spacial score (nSPS) is 12.3. The summed E-state index contributed by atoms with van der Waals surface area (Å²) in [4.78, 5) is 0. The molecule has 5 heteroatoms. The van der Waals surface area contributed by atoms with Crippen LogP contribution in [0.4, 0.5) is 13.2 Å². The summed E-state index contributed by atoms with van der Waals surface area (Å²) >= 11 is 0. The molecular formula is C15H14F3NO. The molecule has 0 aliphatic rings. The minimum atomic E-state index is -1.01. The number of halogens is 3. The summed E-state index contributed by atoms with van der Waals surface area (Å²) in [5, 5.41) is 0. The molecule has 0 aliphatic carbocycles. The lowest BCUT2D eigenvalue weighted by molar-refractivity contribution is 0.404. The lowest BCUT2D eigenvalue weighted by atomic mass is 9.97. The second-order valence-electron chi connectivity index (χ2n) is 4.49. The van der Waals surface area contributed by atoms with E-state index in [1.54, 1.807) is 6.92 Å².